The molecule has 0 bridgehead atoms. The lowest BCUT2D eigenvalue weighted by molar-refractivity contribution is -0.120. The van der Waals surface area contributed by atoms with Gasteiger partial charge < -0.3 is 10.4 Å². The van der Waals surface area contributed by atoms with Crippen molar-refractivity contribution in [1.82, 2.24) is 5.32 Å². The van der Waals surface area contributed by atoms with E-state index in [0.717, 1.165) is 12.0 Å². The maximum absolute atomic E-state index is 11.6. The Morgan fingerprint density at radius 2 is 2.35 bits per heavy atom. The van der Waals surface area contributed by atoms with Gasteiger partial charge in [0.2, 0.25) is 5.91 Å². The summed E-state index contributed by atoms with van der Waals surface area (Å²) in [6, 6.07) is 8.17. The van der Waals surface area contributed by atoms with E-state index in [4.69, 9.17) is 5.26 Å². The highest BCUT2D eigenvalue weighted by Gasteiger charge is 2.10. The van der Waals surface area contributed by atoms with Gasteiger partial charge in [-0.1, -0.05) is 25.5 Å². The fraction of sp³-hybridized carbons (Fsp3) is 0.385. The van der Waals surface area contributed by atoms with Crippen LogP contribution in [0.4, 0.5) is 0 Å². The molecule has 17 heavy (non-hydrogen) atoms. The fourth-order valence-corrected chi connectivity index (χ4v) is 1.55. The van der Waals surface area contributed by atoms with Gasteiger partial charge in [-0.05, 0) is 24.1 Å². The summed E-state index contributed by atoms with van der Waals surface area (Å²) in [6.07, 6.45) is 1.68. The van der Waals surface area contributed by atoms with Gasteiger partial charge in [-0.25, -0.2) is 0 Å². The van der Waals surface area contributed by atoms with Crippen molar-refractivity contribution in [2.45, 2.75) is 32.2 Å². The summed E-state index contributed by atoms with van der Waals surface area (Å²) < 4.78 is 0. The van der Waals surface area contributed by atoms with Crippen LogP contribution in [0.2, 0.25) is 0 Å². The summed E-state index contributed by atoms with van der Waals surface area (Å²) in [6.45, 7) is 1.96. The molecule has 1 rings (SSSR count). The average Bonchev–Trinajstić information content (AvgIpc) is 2.28. The maximum Gasteiger partial charge on any atom is 0.225 e. The van der Waals surface area contributed by atoms with Gasteiger partial charge in [0.15, 0.2) is 0 Å². The zero-order chi connectivity index (χ0) is 12.7. The minimum Gasteiger partial charge on any atom is -0.508 e. The lowest BCUT2D eigenvalue weighted by atomic mass is 10.1. The van der Waals surface area contributed by atoms with E-state index in [-0.39, 0.29) is 18.1 Å². The van der Waals surface area contributed by atoms with Gasteiger partial charge in [0, 0.05) is 0 Å². The van der Waals surface area contributed by atoms with Crippen LogP contribution < -0.4 is 5.32 Å². The predicted molar refractivity (Wildman–Crippen MR) is 64.3 cm³/mol. The van der Waals surface area contributed by atoms with Crippen molar-refractivity contribution in [1.29, 1.82) is 5.26 Å². The molecule has 0 spiro atoms. The maximum atomic E-state index is 11.6. The monoisotopic (exact) mass is 232 g/mol. The van der Waals surface area contributed by atoms with Crippen molar-refractivity contribution in [2.75, 3.05) is 0 Å². The Balaban J connectivity index is 2.52. The van der Waals surface area contributed by atoms with Gasteiger partial charge in [-0.3, -0.25) is 4.79 Å². The van der Waals surface area contributed by atoms with E-state index in [9.17, 15) is 9.90 Å². The van der Waals surface area contributed by atoms with E-state index >= 15 is 0 Å². The number of amides is 1. The number of hydrogen-bond donors (Lipinski definition) is 2. The summed E-state index contributed by atoms with van der Waals surface area (Å²) >= 11 is 0. The first-order valence-electron chi connectivity index (χ1n) is 5.62. The fourth-order valence-electron chi connectivity index (χ4n) is 1.55. The Morgan fingerprint density at radius 1 is 1.59 bits per heavy atom. The Morgan fingerprint density at radius 3 is 2.94 bits per heavy atom. The second kappa shape index (κ2) is 6.54. The molecular weight excluding hydrogens is 216 g/mol. The van der Waals surface area contributed by atoms with Gasteiger partial charge >= 0.3 is 0 Å². The number of nitrogens with one attached hydrogen (secondary N) is 1. The van der Waals surface area contributed by atoms with Gasteiger partial charge in [-0.2, -0.15) is 5.26 Å². The molecule has 0 radical (unpaired) electrons. The van der Waals surface area contributed by atoms with Crippen LogP contribution >= 0.6 is 0 Å². The normalized spacial score (nSPS) is 11.5. The van der Waals surface area contributed by atoms with E-state index in [1.807, 2.05) is 13.0 Å². The number of aromatic hydroxyl groups is 1. The quantitative estimate of drug-likeness (QED) is 0.812. The molecule has 2 N–H and O–H groups in total. The zero-order valence-corrected chi connectivity index (χ0v) is 9.81. The molecule has 0 saturated carbocycles. The highest BCUT2D eigenvalue weighted by Crippen LogP contribution is 2.11. The molecule has 90 valence electrons. The molecule has 0 aromatic heterocycles. The number of nitrogens with zero attached hydrogens (tertiary/aromatic N) is 1. The minimum absolute atomic E-state index is 0.140. The SMILES string of the molecule is CCCC(C#N)NC(=O)Cc1cccc(O)c1. The minimum atomic E-state index is -0.426. The Bertz CT molecular complexity index is 424. The van der Waals surface area contributed by atoms with E-state index in [0.29, 0.717) is 6.42 Å². The topological polar surface area (TPSA) is 73.1 Å². The molecule has 0 saturated heterocycles. The third kappa shape index (κ3) is 4.56. The van der Waals surface area contributed by atoms with Crippen molar-refractivity contribution >= 4 is 5.91 Å². The summed E-state index contributed by atoms with van der Waals surface area (Å²) in [5.74, 6) is -0.0590. The average molecular weight is 232 g/mol. The van der Waals surface area contributed by atoms with Gasteiger partial charge in [0.05, 0.1) is 12.5 Å². The van der Waals surface area contributed by atoms with Crippen LogP contribution in [0.3, 0.4) is 0 Å². The van der Waals surface area contributed by atoms with E-state index in [1.54, 1.807) is 24.3 Å². The van der Waals surface area contributed by atoms with Crippen LogP contribution in [0.1, 0.15) is 25.3 Å². The molecule has 4 nitrogen and oxygen atoms in total. The first-order chi connectivity index (χ1) is 8.15. The second-order valence-electron chi connectivity index (χ2n) is 3.88. The van der Waals surface area contributed by atoms with Crippen LogP contribution in [0, 0.1) is 11.3 Å². The molecule has 1 amide bonds. The number of rotatable bonds is 5. The third-order valence-corrected chi connectivity index (χ3v) is 2.34. The van der Waals surface area contributed by atoms with E-state index < -0.39 is 6.04 Å². The van der Waals surface area contributed by atoms with Crippen molar-refractivity contribution in [2.24, 2.45) is 0 Å². The summed E-state index contributed by atoms with van der Waals surface area (Å²) in [5, 5.41) is 20.7. The first-order valence-corrected chi connectivity index (χ1v) is 5.62. The van der Waals surface area contributed by atoms with E-state index in [2.05, 4.69) is 5.32 Å². The van der Waals surface area contributed by atoms with Crippen LogP contribution in [0.15, 0.2) is 24.3 Å². The van der Waals surface area contributed by atoms with Crippen molar-refractivity contribution < 1.29 is 9.90 Å². The lowest BCUT2D eigenvalue weighted by Crippen LogP contribution is -2.34. The zero-order valence-electron chi connectivity index (χ0n) is 9.81. The molecule has 0 aliphatic carbocycles. The number of phenolic OH excluding ortho intramolecular Hbond substituents is 1. The molecule has 0 aliphatic heterocycles. The summed E-state index contributed by atoms with van der Waals surface area (Å²) in [5.41, 5.74) is 0.732. The van der Waals surface area contributed by atoms with Crippen LogP contribution in [-0.2, 0) is 11.2 Å². The number of benzene rings is 1. The molecular formula is C13H16N2O2. The van der Waals surface area contributed by atoms with Crippen molar-refractivity contribution in [3.05, 3.63) is 29.8 Å². The predicted octanol–water partition coefficient (Wildman–Crippen LogP) is 1.74. The molecule has 1 aromatic carbocycles. The number of phenols is 1. The molecule has 1 unspecified atom stereocenters. The summed E-state index contributed by atoms with van der Waals surface area (Å²) in [4.78, 5) is 11.6. The number of hydrogen-bond acceptors (Lipinski definition) is 3. The second-order valence-corrected chi connectivity index (χ2v) is 3.88. The molecule has 4 heteroatoms. The highest BCUT2D eigenvalue weighted by atomic mass is 16.3. The van der Waals surface area contributed by atoms with Gasteiger partial charge in [-0.15, -0.1) is 0 Å². The highest BCUT2D eigenvalue weighted by molar-refractivity contribution is 5.79. The molecule has 0 aliphatic rings. The molecule has 1 aromatic rings. The smallest absolute Gasteiger partial charge is 0.225 e. The standard InChI is InChI=1S/C13H16N2O2/c1-2-4-11(9-14)15-13(17)8-10-5-3-6-12(16)7-10/h3,5-7,11,16H,2,4,8H2,1H3,(H,15,17). The van der Waals surface area contributed by atoms with Crippen LogP contribution in [0.25, 0.3) is 0 Å². The van der Waals surface area contributed by atoms with E-state index in [1.165, 1.54) is 0 Å². The van der Waals surface area contributed by atoms with Crippen LogP contribution in [-0.4, -0.2) is 17.1 Å². The molecule has 0 heterocycles. The number of nitriles is 1. The van der Waals surface area contributed by atoms with Gasteiger partial charge in [0.25, 0.3) is 0 Å². The Labute approximate surface area is 101 Å². The Kier molecular flexibility index (Phi) is 5.02. The first kappa shape index (κ1) is 13.0. The molecule has 1 atom stereocenters. The number of carbonyl (C=O) groups is 1. The van der Waals surface area contributed by atoms with Crippen molar-refractivity contribution in [3.8, 4) is 11.8 Å². The van der Waals surface area contributed by atoms with Crippen molar-refractivity contribution in [3.63, 3.8) is 0 Å². The third-order valence-electron chi connectivity index (χ3n) is 2.34. The van der Waals surface area contributed by atoms with Crippen LogP contribution in [0.5, 0.6) is 5.75 Å². The number of carbonyl (C=O) groups excluding carboxylic acids is 1. The van der Waals surface area contributed by atoms with Gasteiger partial charge in [0.1, 0.15) is 11.8 Å². The molecule has 0 fully saturated rings. The summed E-state index contributed by atoms with van der Waals surface area (Å²) in [7, 11) is 0. The largest absolute Gasteiger partial charge is 0.508 e. The lowest BCUT2D eigenvalue weighted by Gasteiger charge is -2.10. The Hall–Kier alpha value is -2.02.